The Morgan fingerprint density at radius 2 is 1.71 bits per heavy atom. The molecule has 2 aliphatic heterocycles. The summed E-state index contributed by atoms with van der Waals surface area (Å²) >= 11 is 0. The molecule has 3 aromatic carbocycles. The van der Waals surface area contributed by atoms with E-state index in [2.05, 4.69) is 5.32 Å². The van der Waals surface area contributed by atoms with E-state index in [9.17, 15) is 14.0 Å². The van der Waals surface area contributed by atoms with Gasteiger partial charge in [-0.15, -0.1) is 0 Å². The van der Waals surface area contributed by atoms with Gasteiger partial charge in [-0.25, -0.2) is 4.39 Å². The normalized spacial score (nSPS) is 13.8. The molecule has 1 N–H and O–H groups in total. The van der Waals surface area contributed by atoms with Crippen molar-refractivity contribution in [2.24, 2.45) is 0 Å². The number of amides is 2. The van der Waals surface area contributed by atoms with Crippen LogP contribution in [0.2, 0.25) is 0 Å². The smallest absolute Gasteiger partial charge is 0.258 e. The van der Waals surface area contributed by atoms with Crippen molar-refractivity contribution in [1.29, 1.82) is 0 Å². The molecule has 156 valence electrons. The molecular weight excluding hydrogens is 399 g/mol. The first kappa shape index (κ1) is 19.1. The highest BCUT2D eigenvalue weighted by atomic mass is 19.1. The third kappa shape index (κ3) is 3.70. The van der Waals surface area contributed by atoms with Crippen molar-refractivity contribution >= 4 is 17.5 Å². The van der Waals surface area contributed by atoms with Crippen molar-refractivity contribution < 1.29 is 23.5 Å². The average Bonchev–Trinajstić information content (AvgIpc) is 3.43. The van der Waals surface area contributed by atoms with Crippen LogP contribution in [-0.4, -0.2) is 25.2 Å². The minimum Gasteiger partial charge on any atom is -0.454 e. The summed E-state index contributed by atoms with van der Waals surface area (Å²) < 4.78 is 23.8. The van der Waals surface area contributed by atoms with Gasteiger partial charge >= 0.3 is 0 Å². The fourth-order valence-electron chi connectivity index (χ4n) is 3.82. The van der Waals surface area contributed by atoms with Crippen LogP contribution in [0.3, 0.4) is 0 Å². The number of halogens is 1. The number of nitrogens with zero attached hydrogens (tertiary/aromatic N) is 1. The zero-order valence-electron chi connectivity index (χ0n) is 16.6. The largest absolute Gasteiger partial charge is 0.454 e. The van der Waals surface area contributed by atoms with Crippen LogP contribution in [0.25, 0.3) is 0 Å². The quantitative estimate of drug-likeness (QED) is 0.702. The Morgan fingerprint density at radius 1 is 0.935 bits per heavy atom. The zero-order chi connectivity index (χ0) is 21.4. The van der Waals surface area contributed by atoms with Gasteiger partial charge < -0.3 is 19.7 Å². The number of benzene rings is 3. The van der Waals surface area contributed by atoms with E-state index < -0.39 is 0 Å². The molecule has 0 saturated heterocycles. The number of carbonyl (C=O) groups excluding carboxylic acids is 2. The van der Waals surface area contributed by atoms with Gasteiger partial charge in [-0.05, 0) is 66.1 Å². The zero-order valence-corrected chi connectivity index (χ0v) is 16.6. The lowest BCUT2D eigenvalue weighted by atomic mass is 10.1. The number of hydrogen-bond acceptors (Lipinski definition) is 4. The Morgan fingerprint density at radius 3 is 2.55 bits per heavy atom. The number of hydrogen-bond donors (Lipinski definition) is 1. The molecular formula is C24H19FN2O4. The molecule has 6 nitrogen and oxygen atoms in total. The topological polar surface area (TPSA) is 67.9 Å². The fourth-order valence-corrected chi connectivity index (χ4v) is 3.82. The summed E-state index contributed by atoms with van der Waals surface area (Å²) in [6, 6.07) is 16.4. The molecule has 7 heteroatoms. The van der Waals surface area contributed by atoms with Crippen LogP contribution in [0.1, 0.15) is 31.8 Å². The second-order valence-electron chi connectivity index (χ2n) is 7.43. The highest BCUT2D eigenvalue weighted by molar-refractivity contribution is 6.08. The van der Waals surface area contributed by atoms with Gasteiger partial charge in [-0.3, -0.25) is 9.59 Å². The van der Waals surface area contributed by atoms with E-state index in [1.807, 2.05) is 24.3 Å². The number of rotatable bonds is 4. The third-order valence-corrected chi connectivity index (χ3v) is 5.47. The Kier molecular flexibility index (Phi) is 4.78. The lowest BCUT2D eigenvalue weighted by molar-refractivity contribution is 0.0948. The molecule has 0 aliphatic carbocycles. The van der Waals surface area contributed by atoms with Gasteiger partial charge in [0.2, 0.25) is 6.79 Å². The van der Waals surface area contributed by atoms with E-state index in [-0.39, 0.29) is 24.4 Å². The summed E-state index contributed by atoms with van der Waals surface area (Å²) in [6.45, 7) is 1.06. The van der Waals surface area contributed by atoms with E-state index in [1.165, 1.54) is 24.3 Å². The van der Waals surface area contributed by atoms with Crippen molar-refractivity contribution in [3.8, 4) is 11.5 Å². The monoisotopic (exact) mass is 418 g/mol. The molecule has 0 atom stereocenters. The van der Waals surface area contributed by atoms with Crippen LogP contribution in [0.5, 0.6) is 11.5 Å². The molecule has 3 aromatic rings. The van der Waals surface area contributed by atoms with E-state index in [1.54, 1.807) is 17.0 Å². The van der Waals surface area contributed by atoms with Gasteiger partial charge in [0.1, 0.15) is 5.82 Å². The number of fused-ring (bicyclic) bond motifs is 2. The molecule has 0 unspecified atom stereocenters. The fraction of sp³-hybridized carbons (Fsp3) is 0.167. The molecule has 0 bridgehead atoms. The standard InChI is InChI=1S/C24H19FN2O4/c25-19-6-4-17(5-7-19)24(29)27-10-9-16-2-3-18(12-20(16)27)23(28)26-13-15-1-8-21-22(11-15)31-14-30-21/h1-8,11-12H,9-10,13-14H2,(H,26,28). The number of nitrogens with one attached hydrogen (secondary N) is 1. The predicted molar refractivity (Wildman–Crippen MR) is 112 cm³/mol. The summed E-state index contributed by atoms with van der Waals surface area (Å²) in [7, 11) is 0. The summed E-state index contributed by atoms with van der Waals surface area (Å²) in [6.07, 6.45) is 0.710. The highest BCUT2D eigenvalue weighted by Crippen LogP contribution is 2.33. The van der Waals surface area contributed by atoms with Crippen LogP contribution in [0.15, 0.2) is 60.7 Å². The van der Waals surface area contributed by atoms with E-state index in [0.29, 0.717) is 47.8 Å². The van der Waals surface area contributed by atoms with Crippen molar-refractivity contribution in [2.45, 2.75) is 13.0 Å². The summed E-state index contributed by atoms with van der Waals surface area (Å²) in [4.78, 5) is 27.2. The SMILES string of the molecule is O=C(NCc1ccc2c(c1)OCO2)c1ccc2c(c1)N(C(=O)c1ccc(F)cc1)CC2. The Balaban J connectivity index is 1.31. The summed E-state index contributed by atoms with van der Waals surface area (Å²) in [5.74, 6) is 0.525. The number of carbonyl (C=O) groups is 2. The van der Waals surface area contributed by atoms with Crippen LogP contribution in [0.4, 0.5) is 10.1 Å². The van der Waals surface area contributed by atoms with Gasteiger partial charge in [0.15, 0.2) is 11.5 Å². The molecule has 0 saturated carbocycles. The maximum atomic E-state index is 13.2. The first-order valence-corrected chi connectivity index (χ1v) is 9.95. The van der Waals surface area contributed by atoms with Crippen LogP contribution in [-0.2, 0) is 13.0 Å². The van der Waals surface area contributed by atoms with Crippen molar-refractivity contribution in [1.82, 2.24) is 5.32 Å². The maximum Gasteiger partial charge on any atom is 0.258 e. The predicted octanol–water partition coefficient (Wildman–Crippen LogP) is 3.69. The molecule has 5 rings (SSSR count). The van der Waals surface area contributed by atoms with Gasteiger partial charge in [0.25, 0.3) is 11.8 Å². The number of anilines is 1. The van der Waals surface area contributed by atoms with Crippen molar-refractivity contribution in [3.63, 3.8) is 0 Å². The van der Waals surface area contributed by atoms with Gasteiger partial charge in [-0.2, -0.15) is 0 Å². The molecule has 0 radical (unpaired) electrons. The third-order valence-electron chi connectivity index (χ3n) is 5.47. The minimum atomic E-state index is -0.389. The second-order valence-corrected chi connectivity index (χ2v) is 7.43. The lowest BCUT2D eigenvalue weighted by Crippen LogP contribution is -2.29. The first-order valence-electron chi connectivity index (χ1n) is 9.95. The van der Waals surface area contributed by atoms with Crippen molar-refractivity contribution in [3.05, 3.63) is 88.7 Å². The average molecular weight is 418 g/mol. The summed E-state index contributed by atoms with van der Waals surface area (Å²) in [5.41, 5.74) is 3.49. The molecule has 2 heterocycles. The van der Waals surface area contributed by atoms with Gasteiger partial charge in [0, 0.05) is 29.9 Å². The first-order chi connectivity index (χ1) is 15.1. The Labute approximate surface area is 178 Å². The van der Waals surface area contributed by atoms with Crippen LogP contribution >= 0.6 is 0 Å². The lowest BCUT2D eigenvalue weighted by Gasteiger charge is -2.18. The number of ether oxygens (including phenoxy) is 2. The minimum absolute atomic E-state index is 0.202. The summed E-state index contributed by atoms with van der Waals surface area (Å²) in [5, 5.41) is 2.90. The van der Waals surface area contributed by atoms with Gasteiger partial charge in [0.05, 0.1) is 0 Å². The highest BCUT2D eigenvalue weighted by Gasteiger charge is 2.26. The van der Waals surface area contributed by atoms with Gasteiger partial charge in [-0.1, -0.05) is 12.1 Å². The maximum absolute atomic E-state index is 13.2. The Bertz CT molecular complexity index is 1180. The van der Waals surface area contributed by atoms with Crippen LogP contribution < -0.4 is 19.7 Å². The molecule has 0 fully saturated rings. The van der Waals surface area contributed by atoms with Crippen molar-refractivity contribution in [2.75, 3.05) is 18.2 Å². The van der Waals surface area contributed by atoms with E-state index in [0.717, 1.165) is 11.1 Å². The molecule has 2 amide bonds. The molecule has 0 aromatic heterocycles. The second kappa shape index (κ2) is 7.75. The Hall–Kier alpha value is -3.87. The molecule has 2 aliphatic rings. The van der Waals surface area contributed by atoms with E-state index >= 15 is 0 Å². The molecule has 31 heavy (non-hydrogen) atoms. The molecule has 0 spiro atoms. The van der Waals surface area contributed by atoms with E-state index in [4.69, 9.17) is 9.47 Å². The van der Waals surface area contributed by atoms with Crippen LogP contribution in [0, 0.1) is 5.82 Å².